The molecule has 19 heavy (non-hydrogen) atoms. The van der Waals surface area contributed by atoms with Crippen LogP contribution in [0.3, 0.4) is 0 Å². The minimum atomic E-state index is -0.783. The van der Waals surface area contributed by atoms with E-state index in [4.69, 9.17) is 5.84 Å². The molecule has 1 aromatic heterocycles. The average Bonchev–Trinajstić information content (AvgIpc) is 2.35. The number of hydrazine groups is 1. The third-order valence-electron chi connectivity index (χ3n) is 2.69. The first kappa shape index (κ1) is 16.0. The first-order chi connectivity index (χ1) is 8.91. The number of hydrogen-bond donors (Lipinski definition) is 4. The summed E-state index contributed by atoms with van der Waals surface area (Å²) in [5, 5.41) is 13.3. The second-order valence-corrected chi connectivity index (χ2v) is 5.93. The topological polar surface area (TPSA) is 96.1 Å². The summed E-state index contributed by atoms with van der Waals surface area (Å²) in [6.45, 7) is 6.32. The Bertz CT molecular complexity index is 411. The van der Waals surface area contributed by atoms with E-state index in [1.807, 2.05) is 20.1 Å². The number of nitrogens with two attached hydrogens (primary N) is 1. The van der Waals surface area contributed by atoms with Gasteiger partial charge < -0.3 is 15.8 Å². The first-order valence-corrected chi connectivity index (χ1v) is 7.57. The zero-order valence-corrected chi connectivity index (χ0v) is 12.7. The third kappa shape index (κ3) is 4.52. The van der Waals surface area contributed by atoms with Gasteiger partial charge in [0.25, 0.3) is 0 Å². The number of aliphatic hydroxyl groups is 1. The Morgan fingerprint density at radius 3 is 2.58 bits per heavy atom. The van der Waals surface area contributed by atoms with E-state index >= 15 is 0 Å². The molecular weight excluding hydrogens is 262 g/mol. The van der Waals surface area contributed by atoms with Crippen molar-refractivity contribution < 1.29 is 5.11 Å². The number of aromatic nitrogens is 2. The molecule has 7 heteroatoms. The number of anilines is 2. The van der Waals surface area contributed by atoms with Gasteiger partial charge in [0.1, 0.15) is 18.0 Å². The van der Waals surface area contributed by atoms with E-state index in [1.54, 1.807) is 18.7 Å². The first-order valence-electron chi connectivity index (χ1n) is 6.18. The van der Waals surface area contributed by atoms with Crippen LogP contribution in [0, 0.1) is 0 Å². The van der Waals surface area contributed by atoms with Crippen LogP contribution in [0.15, 0.2) is 6.33 Å². The normalized spacial score (nSPS) is 14.3. The maximum atomic E-state index is 10.2. The molecule has 0 radical (unpaired) electrons. The highest BCUT2D eigenvalue weighted by Gasteiger charge is 2.21. The van der Waals surface area contributed by atoms with Gasteiger partial charge in [-0.3, -0.25) is 0 Å². The summed E-state index contributed by atoms with van der Waals surface area (Å²) in [4.78, 5) is 8.34. The van der Waals surface area contributed by atoms with Crippen molar-refractivity contribution in [1.82, 2.24) is 9.97 Å². The standard InChI is InChI=1S/C12H23N5OS/c1-8(2)9-10(15-7-16-11(9)17-13)14-5-12(3,18)6-19-4/h7-8,18H,5-6,13H2,1-4H3,(H2,14,15,16,17). The van der Waals surface area contributed by atoms with Crippen molar-refractivity contribution in [2.75, 3.05) is 29.3 Å². The van der Waals surface area contributed by atoms with E-state index in [-0.39, 0.29) is 5.92 Å². The largest absolute Gasteiger partial charge is 0.387 e. The van der Waals surface area contributed by atoms with Gasteiger partial charge in [0.15, 0.2) is 0 Å². The molecule has 0 aliphatic heterocycles. The van der Waals surface area contributed by atoms with Crippen molar-refractivity contribution in [3.8, 4) is 0 Å². The average molecular weight is 285 g/mol. The van der Waals surface area contributed by atoms with Gasteiger partial charge in [-0.1, -0.05) is 13.8 Å². The molecule has 1 atom stereocenters. The van der Waals surface area contributed by atoms with Crippen LogP contribution in [-0.2, 0) is 0 Å². The monoisotopic (exact) mass is 285 g/mol. The molecule has 1 unspecified atom stereocenters. The third-order valence-corrected chi connectivity index (χ3v) is 3.60. The lowest BCUT2D eigenvalue weighted by Crippen LogP contribution is -2.36. The molecule has 5 N–H and O–H groups in total. The van der Waals surface area contributed by atoms with Crippen molar-refractivity contribution in [3.05, 3.63) is 11.9 Å². The van der Waals surface area contributed by atoms with E-state index < -0.39 is 5.60 Å². The van der Waals surface area contributed by atoms with Gasteiger partial charge in [0, 0.05) is 17.9 Å². The van der Waals surface area contributed by atoms with Crippen LogP contribution < -0.4 is 16.6 Å². The molecule has 0 saturated heterocycles. The Morgan fingerprint density at radius 2 is 2.05 bits per heavy atom. The zero-order chi connectivity index (χ0) is 14.5. The van der Waals surface area contributed by atoms with Crippen LogP contribution in [0.5, 0.6) is 0 Å². The smallest absolute Gasteiger partial charge is 0.148 e. The Morgan fingerprint density at radius 1 is 1.42 bits per heavy atom. The van der Waals surface area contributed by atoms with Crippen molar-refractivity contribution in [1.29, 1.82) is 0 Å². The van der Waals surface area contributed by atoms with Crippen molar-refractivity contribution in [2.45, 2.75) is 32.3 Å². The Balaban J connectivity index is 2.89. The fourth-order valence-corrected chi connectivity index (χ4v) is 2.56. The molecule has 1 rings (SSSR count). The van der Waals surface area contributed by atoms with E-state index in [2.05, 4.69) is 20.7 Å². The Labute approximate surface area is 118 Å². The fourth-order valence-electron chi connectivity index (χ4n) is 1.83. The van der Waals surface area contributed by atoms with Crippen LogP contribution in [0.25, 0.3) is 0 Å². The van der Waals surface area contributed by atoms with Gasteiger partial charge in [0.2, 0.25) is 0 Å². The van der Waals surface area contributed by atoms with E-state index in [1.165, 1.54) is 6.33 Å². The molecule has 0 bridgehead atoms. The summed E-state index contributed by atoms with van der Waals surface area (Å²) in [5.41, 5.74) is 2.72. The predicted octanol–water partition coefficient (Wildman–Crippen LogP) is 1.41. The molecule has 1 aromatic rings. The summed E-state index contributed by atoms with van der Waals surface area (Å²) in [7, 11) is 0. The summed E-state index contributed by atoms with van der Waals surface area (Å²) >= 11 is 1.61. The fraction of sp³-hybridized carbons (Fsp3) is 0.667. The number of thioether (sulfide) groups is 1. The van der Waals surface area contributed by atoms with Gasteiger partial charge >= 0.3 is 0 Å². The van der Waals surface area contributed by atoms with Gasteiger partial charge in [-0.2, -0.15) is 11.8 Å². The lowest BCUT2D eigenvalue weighted by atomic mass is 10.0. The lowest BCUT2D eigenvalue weighted by Gasteiger charge is -2.24. The summed E-state index contributed by atoms with van der Waals surface area (Å²) in [5.74, 6) is 7.66. The number of nitrogens with zero attached hydrogens (tertiary/aromatic N) is 2. The van der Waals surface area contributed by atoms with Gasteiger partial charge in [-0.15, -0.1) is 0 Å². The number of hydrogen-bond acceptors (Lipinski definition) is 7. The maximum absolute atomic E-state index is 10.2. The highest BCUT2D eigenvalue weighted by Crippen LogP contribution is 2.28. The molecule has 6 nitrogen and oxygen atoms in total. The number of rotatable bonds is 7. The number of nitrogen functional groups attached to an aromatic ring is 1. The van der Waals surface area contributed by atoms with E-state index in [0.29, 0.717) is 23.9 Å². The zero-order valence-electron chi connectivity index (χ0n) is 11.9. The summed E-state index contributed by atoms with van der Waals surface area (Å²) in [6.07, 6.45) is 3.42. The molecule has 0 spiro atoms. The Kier molecular flexibility index (Phi) is 5.84. The van der Waals surface area contributed by atoms with Crippen LogP contribution in [0.4, 0.5) is 11.6 Å². The summed E-state index contributed by atoms with van der Waals surface area (Å²) in [6, 6.07) is 0. The van der Waals surface area contributed by atoms with Crippen LogP contribution in [-0.4, -0.2) is 39.2 Å². The SMILES string of the molecule is CSCC(C)(O)CNc1ncnc(NN)c1C(C)C. The molecule has 108 valence electrons. The van der Waals surface area contributed by atoms with Gasteiger partial charge in [-0.05, 0) is 19.1 Å². The molecular formula is C12H23N5OS. The highest BCUT2D eigenvalue weighted by atomic mass is 32.2. The summed E-state index contributed by atoms with van der Waals surface area (Å²) < 4.78 is 0. The van der Waals surface area contributed by atoms with Crippen molar-refractivity contribution >= 4 is 23.4 Å². The van der Waals surface area contributed by atoms with Gasteiger partial charge in [-0.25, -0.2) is 15.8 Å². The molecule has 0 amide bonds. The number of nitrogens with one attached hydrogen (secondary N) is 2. The van der Waals surface area contributed by atoms with Crippen LogP contribution >= 0.6 is 11.8 Å². The predicted molar refractivity (Wildman–Crippen MR) is 81.4 cm³/mol. The molecule has 0 saturated carbocycles. The minimum Gasteiger partial charge on any atom is -0.387 e. The van der Waals surface area contributed by atoms with Crippen LogP contribution in [0.1, 0.15) is 32.3 Å². The van der Waals surface area contributed by atoms with Crippen molar-refractivity contribution in [3.63, 3.8) is 0 Å². The maximum Gasteiger partial charge on any atom is 0.148 e. The molecule has 0 aromatic carbocycles. The Hall–Kier alpha value is -1.05. The highest BCUT2D eigenvalue weighted by molar-refractivity contribution is 7.98. The second kappa shape index (κ2) is 6.93. The van der Waals surface area contributed by atoms with Gasteiger partial charge in [0.05, 0.1) is 5.60 Å². The molecule has 1 heterocycles. The quantitative estimate of drug-likeness (QED) is 0.444. The molecule has 0 aliphatic rings. The molecule has 0 aliphatic carbocycles. The van der Waals surface area contributed by atoms with E-state index in [9.17, 15) is 5.11 Å². The van der Waals surface area contributed by atoms with E-state index in [0.717, 1.165) is 5.56 Å². The van der Waals surface area contributed by atoms with Crippen molar-refractivity contribution in [2.24, 2.45) is 5.84 Å². The second-order valence-electron chi connectivity index (χ2n) is 5.07. The minimum absolute atomic E-state index is 0.222. The van der Waals surface area contributed by atoms with Crippen LogP contribution in [0.2, 0.25) is 0 Å². The molecule has 0 fully saturated rings. The lowest BCUT2D eigenvalue weighted by molar-refractivity contribution is 0.0996.